The summed E-state index contributed by atoms with van der Waals surface area (Å²) >= 11 is 0. The third kappa shape index (κ3) is 4.70. The molecule has 4 heteroatoms. The van der Waals surface area contributed by atoms with Crippen molar-refractivity contribution in [2.75, 3.05) is 0 Å². The van der Waals surface area contributed by atoms with Gasteiger partial charge in [0.05, 0.1) is 6.10 Å². The van der Waals surface area contributed by atoms with Crippen molar-refractivity contribution < 1.29 is 26.1 Å². The minimum absolute atomic E-state index is 0. The van der Waals surface area contributed by atoms with E-state index < -0.39 is 0 Å². The van der Waals surface area contributed by atoms with Gasteiger partial charge in [0.1, 0.15) is 0 Å². The van der Waals surface area contributed by atoms with Crippen LogP contribution in [0.15, 0.2) is 18.2 Å². The summed E-state index contributed by atoms with van der Waals surface area (Å²) in [6.07, 6.45) is 4.93. The summed E-state index contributed by atoms with van der Waals surface area (Å²) in [6, 6.07) is 7.10. The third-order valence-electron chi connectivity index (χ3n) is 2.33. The molecule has 0 aliphatic heterocycles. The molecule has 15 heavy (non-hydrogen) atoms. The van der Waals surface area contributed by atoms with Gasteiger partial charge in [0.15, 0.2) is 0 Å². The Balaban J connectivity index is 0.000000980. The Labute approximate surface area is 116 Å². The van der Waals surface area contributed by atoms with Gasteiger partial charge >= 0.3 is 23.1 Å². The number of benzene rings is 1. The summed E-state index contributed by atoms with van der Waals surface area (Å²) in [7, 11) is 0. The minimum Gasteiger partial charge on any atom is -1.00 e. The first-order valence-corrected chi connectivity index (χ1v) is 4.68. The van der Waals surface area contributed by atoms with Gasteiger partial charge in [0.2, 0.25) is 0 Å². The van der Waals surface area contributed by atoms with E-state index in [-0.39, 0.29) is 52.0 Å². The maximum absolute atomic E-state index is 12.7. The average Bonchev–Trinajstić information content (AvgIpc) is 2.57. The normalized spacial score (nSPS) is 15.3. The summed E-state index contributed by atoms with van der Waals surface area (Å²) in [5, 5.41) is 0. The van der Waals surface area contributed by atoms with Gasteiger partial charge in [-0.05, 0) is 25.7 Å². The van der Waals surface area contributed by atoms with Crippen LogP contribution in [-0.2, 0) is 0 Å². The first kappa shape index (κ1) is 15.2. The molecule has 0 amide bonds. The van der Waals surface area contributed by atoms with Gasteiger partial charge in [-0.1, -0.05) is 6.07 Å². The monoisotopic (exact) mass is 282 g/mol. The summed E-state index contributed by atoms with van der Waals surface area (Å²) < 4.78 is 18.3. The van der Waals surface area contributed by atoms with E-state index in [1.165, 1.54) is 25.0 Å². The van der Waals surface area contributed by atoms with Gasteiger partial charge < -0.3 is 21.7 Å². The second-order valence-corrected chi connectivity index (χ2v) is 3.41. The van der Waals surface area contributed by atoms with Gasteiger partial charge in [0, 0.05) is 11.6 Å². The van der Waals surface area contributed by atoms with Crippen molar-refractivity contribution in [2.24, 2.45) is 0 Å². The van der Waals surface area contributed by atoms with Crippen molar-refractivity contribution in [2.45, 2.75) is 31.8 Å². The smallest absolute Gasteiger partial charge is 1.00 e. The second kappa shape index (κ2) is 7.47. The summed E-state index contributed by atoms with van der Waals surface area (Å²) in [5.41, 5.74) is 0. The van der Waals surface area contributed by atoms with Crippen LogP contribution < -0.4 is 21.7 Å². The van der Waals surface area contributed by atoms with E-state index in [9.17, 15) is 4.39 Å². The minimum atomic E-state index is -0.282. The molecule has 1 aliphatic carbocycles. The zero-order valence-corrected chi connectivity index (χ0v) is 11.5. The molecule has 0 radical (unpaired) electrons. The Morgan fingerprint density at radius 3 is 2.53 bits per heavy atom. The first-order chi connectivity index (χ1) is 6.34. The predicted molar refractivity (Wildman–Crippen MR) is 53.9 cm³/mol. The Bertz CT molecular complexity index is 290. The average molecular weight is 283 g/mol. The molecule has 0 N–H and O–H groups in total. The Morgan fingerprint density at radius 1 is 1.27 bits per heavy atom. The van der Waals surface area contributed by atoms with Gasteiger partial charge in [-0.2, -0.15) is 6.07 Å². The van der Waals surface area contributed by atoms with Crippen molar-refractivity contribution in [1.82, 2.24) is 0 Å². The van der Waals surface area contributed by atoms with Gasteiger partial charge in [0.25, 0.3) is 0 Å². The van der Waals surface area contributed by atoms with E-state index >= 15 is 0 Å². The Kier molecular flexibility index (Phi) is 7.56. The molecule has 1 aromatic rings. The van der Waals surface area contributed by atoms with Crippen LogP contribution in [0.2, 0.25) is 0 Å². The van der Waals surface area contributed by atoms with E-state index in [0.717, 1.165) is 12.8 Å². The molecule has 1 aliphatic rings. The zero-order valence-electron chi connectivity index (χ0n) is 8.51. The van der Waals surface area contributed by atoms with Crippen molar-refractivity contribution in [3.63, 3.8) is 0 Å². The zero-order chi connectivity index (χ0) is 9.10. The maximum atomic E-state index is 12.7. The summed E-state index contributed by atoms with van der Waals surface area (Å²) in [4.78, 5) is 0. The molecule has 0 aromatic heterocycles. The number of hydrogen-bond acceptors (Lipinski definition) is 1. The molecular formula is C11H12BrFMgO. The van der Waals surface area contributed by atoms with Gasteiger partial charge in [-0.25, -0.2) is 0 Å². The molecule has 0 bridgehead atoms. The second-order valence-electron chi connectivity index (χ2n) is 3.41. The molecule has 1 aromatic carbocycles. The molecule has 0 saturated heterocycles. The van der Waals surface area contributed by atoms with Crippen LogP contribution in [0.5, 0.6) is 5.75 Å². The number of ether oxygens (including phenoxy) is 1. The van der Waals surface area contributed by atoms with E-state index in [0.29, 0.717) is 5.75 Å². The Morgan fingerprint density at radius 2 is 1.93 bits per heavy atom. The van der Waals surface area contributed by atoms with Crippen LogP contribution in [0.1, 0.15) is 25.7 Å². The van der Waals surface area contributed by atoms with Crippen molar-refractivity contribution in [1.29, 1.82) is 0 Å². The van der Waals surface area contributed by atoms with E-state index in [1.54, 1.807) is 6.07 Å². The molecule has 0 atom stereocenters. The number of rotatable bonds is 2. The largest absolute Gasteiger partial charge is 2.00 e. The SMILES string of the molecule is Fc1c[c-]cc(OC2CCCC2)c1.[Br-].[Mg+2]. The van der Waals surface area contributed by atoms with Gasteiger partial charge in [-0.3, -0.25) is 4.39 Å². The molecule has 2 rings (SSSR count). The van der Waals surface area contributed by atoms with Crippen molar-refractivity contribution >= 4 is 23.1 Å². The summed E-state index contributed by atoms with van der Waals surface area (Å²) in [6.45, 7) is 0. The fraction of sp³-hybridized carbons (Fsp3) is 0.455. The molecule has 0 unspecified atom stereocenters. The first-order valence-electron chi connectivity index (χ1n) is 4.68. The predicted octanol–water partition coefficient (Wildman–Crippen LogP) is -0.430. The van der Waals surface area contributed by atoms with Crippen LogP contribution in [0, 0.1) is 11.9 Å². The van der Waals surface area contributed by atoms with Crippen molar-refractivity contribution in [3.05, 3.63) is 30.1 Å². The summed E-state index contributed by atoms with van der Waals surface area (Å²) in [5.74, 6) is 0.322. The van der Waals surface area contributed by atoms with E-state index in [4.69, 9.17) is 4.74 Å². The van der Waals surface area contributed by atoms with E-state index in [1.807, 2.05) is 0 Å². The van der Waals surface area contributed by atoms with Crippen LogP contribution in [0.3, 0.4) is 0 Å². The fourth-order valence-electron chi connectivity index (χ4n) is 1.69. The maximum Gasteiger partial charge on any atom is 2.00 e. The molecule has 1 saturated carbocycles. The van der Waals surface area contributed by atoms with Crippen LogP contribution >= 0.6 is 0 Å². The molecular weight excluding hydrogens is 271 g/mol. The number of hydrogen-bond donors (Lipinski definition) is 0. The topological polar surface area (TPSA) is 9.23 Å². The molecule has 0 heterocycles. The standard InChI is InChI=1S/C11H12FO.BrH.Mg/c12-9-4-3-7-11(8-9)13-10-5-1-2-6-10;;/h4,7-8,10H,1-2,5-6H2;1H;/q-1;;+2/p-1. The number of halogens is 2. The van der Waals surface area contributed by atoms with Crippen LogP contribution in [0.4, 0.5) is 4.39 Å². The van der Waals surface area contributed by atoms with Crippen LogP contribution in [-0.4, -0.2) is 29.2 Å². The Hall–Kier alpha value is 0.196. The third-order valence-corrected chi connectivity index (χ3v) is 2.33. The fourth-order valence-corrected chi connectivity index (χ4v) is 1.69. The molecule has 1 fully saturated rings. The molecule has 78 valence electrons. The van der Waals surface area contributed by atoms with Gasteiger partial charge in [-0.15, -0.1) is 12.1 Å². The van der Waals surface area contributed by atoms with Crippen molar-refractivity contribution in [3.8, 4) is 5.75 Å². The quantitative estimate of drug-likeness (QED) is 0.529. The molecule has 0 spiro atoms. The van der Waals surface area contributed by atoms with E-state index in [2.05, 4.69) is 6.07 Å². The van der Waals surface area contributed by atoms with Crippen LogP contribution in [0.25, 0.3) is 0 Å². The molecule has 1 nitrogen and oxygen atoms in total.